The van der Waals surface area contributed by atoms with Crippen molar-refractivity contribution in [1.29, 1.82) is 0 Å². The molecule has 1 saturated carbocycles. The summed E-state index contributed by atoms with van der Waals surface area (Å²) in [4.78, 5) is 0. The van der Waals surface area contributed by atoms with Crippen LogP contribution in [-0.2, 0) is 4.74 Å². The molecule has 2 nitrogen and oxygen atoms in total. The third-order valence-electron chi connectivity index (χ3n) is 4.31. The van der Waals surface area contributed by atoms with Crippen molar-refractivity contribution in [3.8, 4) is 0 Å². The molecule has 2 heteroatoms. The molecule has 1 saturated heterocycles. The predicted molar refractivity (Wildman–Crippen MR) is 67.6 cm³/mol. The van der Waals surface area contributed by atoms with Crippen LogP contribution in [0.4, 0.5) is 0 Å². The second kappa shape index (κ2) is 6.61. The Balaban J connectivity index is 1.73. The molecule has 0 aromatic heterocycles. The summed E-state index contributed by atoms with van der Waals surface area (Å²) in [6.45, 7) is 4.31. The minimum atomic E-state index is 0.708. The van der Waals surface area contributed by atoms with Gasteiger partial charge in [0.05, 0.1) is 0 Å². The molecule has 1 N–H and O–H groups in total. The normalized spacial score (nSPS) is 30.9. The SMILES string of the molecule is C[C@H](NC1CCCOCC1)C1CCCCC1. The third kappa shape index (κ3) is 3.74. The van der Waals surface area contributed by atoms with Gasteiger partial charge >= 0.3 is 0 Å². The molecule has 0 spiro atoms. The summed E-state index contributed by atoms with van der Waals surface area (Å²) in [5.41, 5.74) is 0. The molecular formula is C14H27NO. The van der Waals surface area contributed by atoms with Crippen molar-refractivity contribution in [3.63, 3.8) is 0 Å². The summed E-state index contributed by atoms with van der Waals surface area (Å²) < 4.78 is 5.51. The first kappa shape index (κ1) is 12.4. The lowest BCUT2D eigenvalue weighted by Gasteiger charge is -2.31. The number of ether oxygens (including phenoxy) is 1. The van der Waals surface area contributed by atoms with Crippen molar-refractivity contribution in [1.82, 2.24) is 5.32 Å². The largest absolute Gasteiger partial charge is 0.381 e. The first-order chi connectivity index (χ1) is 7.86. The fourth-order valence-corrected chi connectivity index (χ4v) is 3.21. The molecule has 16 heavy (non-hydrogen) atoms. The Hall–Kier alpha value is -0.0800. The highest BCUT2D eigenvalue weighted by atomic mass is 16.5. The van der Waals surface area contributed by atoms with Gasteiger partial charge in [0.1, 0.15) is 0 Å². The van der Waals surface area contributed by atoms with E-state index in [1.165, 1.54) is 51.4 Å². The highest BCUT2D eigenvalue weighted by Crippen LogP contribution is 2.27. The van der Waals surface area contributed by atoms with Gasteiger partial charge in [-0.25, -0.2) is 0 Å². The van der Waals surface area contributed by atoms with Crippen LogP contribution in [0.2, 0.25) is 0 Å². The van der Waals surface area contributed by atoms with Crippen LogP contribution >= 0.6 is 0 Å². The first-order valence-corrected chi connectivity index (χ1v) is 7.20. The Morgan fingerprint density at radius 2 is 1.75 bits per heavy atom. The second-order valence-electron chi connectivity index (χ2n) is 5.59. The Kier molecular flexibility index (Phi) is 5.11. The molecule has 2 atom stereocenters. The van der Waals surface area contributed by atoms with Crippen molar-refractivity contribution in [2.45, 2.75) is 70.4 Å². The Bertz CT molecular complexity index is 181. The van der Waals surface area contributed by atoms with Gasteiger partial charge in [0.2, 0.25) is 0 Å². The Labute approximate surface area is 100 Å². The van der Waals surface area contributed by atoms with E-state index < -0.39 is 0 Å². The van der Waals surface area contributed by atoms with E-state index in [4.69, 9.17) is 4.74 Å². The standard InChI is InChI=1S/C14H27NO/c1-12(13-6-3-2-4-7-13)15-14-8-5-10-16-11-9-14/h12-15H,2-11H2,1H3/t12-,14?/m0/s1. The highest BCUT2D eigenvalue weighted by molar-refractivity contribution is 4.80. The quantitative estimate of drug-likeness (QED) is 0.797. The van der Waals surface area contributed by atoms with E-state index in [2.05, 4.69) is 12.2 Å². The zero-order valence-corrected chi connectivity index (χ0v) is 10.7. The smallest absolute Gasteiger partial charge is 0.0480 e. The number of rotatable bonds is 3. The summed E-state index contributed by atoms with van der Waals surface area (Å²) in [6, 6.07) is 1.42. The van der Waals surface area contributed by atoms with Crippen LogP contribution in [0.15, 0.2) is 0 Å². The molecule has 2 aliphatic rings. The van der Waals surface area contributed by atoms with Crippen molar-refractivity contribution in [3.05, 3.63) is 0 Å². The van der Waals surface area contributed by atoms with E-state index in [9.17, 15) is 0 Å². The first-order valence-electron chi connectivity index (χ1n) is 7.20. The van der Waals surface area contributed by atoms with Gasteiger partial charge < -0.3 is 10.1 Å². The van der Waals surface area contributed by atoms with E-state index in [1.807, 2.05) is 0 Å². The number of hydrogen-bond acceptors (Lipinski definition) is 2. The maximum Gasteiger partial charge on any atom is 0.0480 e. The summed E-state index contributed by atoms with van der Waals surface area (Å²) in [5.74, 6) is 0.929. The molecule has 1 aliphatic carbocycles. The third-order valence-corrected chi connectivity index (χ3v) is 4.31. The van der Waals surface area contributed by atoms with E-state index in [1.54, 1.807) is 0 Å². The maximum atomic E-state index is 5.51. The van der Waals surface area contributed by atoms with E-state index >= 15 is 0 Å². The highest BCUT2D eigenvalue weighted by Gasteiger charge is 2.22. The maximum absolute atomic E-state index is 5.51. The lowest BCUT2D eigenvalue weighted by atomic mass is 9.84. The second-order valence-corrected chi connectivity index (χ2v) is 5.59. The van der Waals surface area contributed by atoms with Crippen molar-refractivity contribution in [2.24, 2.45) is 5.92 Å². The molecule has 1 heterocycles. The van der Waals surface area contributed by atoms with Gasteiger partial charge in [-0.1, -0.05) is 19.3 Å². The van der Waals surface area contributed by atoms with Crippen molar-refractivity contribution >= 4 is 0 Å². The average molecular weight is 225 g/mol. The molecule has 0 aromatic rings. The molecule has 0 aromatic carbocycles. The van der Waals surface area contributed by atoms with E-state index in [-0.39, 0.29) is 0 Å². The molecule has 0 amide bonds. The zero-order valence-electron chi connectivity index (χ0n) is 10.7. The Morgan fingerprint density at radius 1 is 0.938 bits per heavy atom. The fraction of sp³-hybridized carbons (Fsp3) is 1.00. The molecular weight excluding hydrogens is 198 g/mol. The van der Waals surface area contributed by atoms with Crippen LogP contribution in [0.25, 0.3) is 0 Å². The van der Waals surface area contributed by atoms with Crippen LogP contribution in [0.3, 0.4) is 0 Å². The summed E-state index contributed by atoms with van der Waals surface area (Å²) in [6.07, 6.45) is 11.0. The van der Waals surface area contributed by atoms with Crippen LogP contribution < -0.4 is 5.32 Å². The van der Waals surface area contributed by atoms with Gasteiger partial charge in [0.15, 0.2) is 0 Å². The molecule has 1 unspecified atom stereocenters. The minimum Gasteiger partial charge on any atom is -0.381 e. The van der Waals surface area contributed by atoms with Crippen molar-refractivity contribution < 1.29 is 4.74 Å². The minimum absolute atomic E-state index is 0.708. The Morgan fingerprint density at radius 3 is 2.56 bits per heavy atom. The van der Waals surface area contributed by atoms with Crippen LogP contribution in [-0.4, -0.2) is 25.3 Å². The van der Waals surface area contributed by atoms with Crippen LogP contribution in [0.5, 0.6) is 0 Å². The molecule has 94 valence electrons. The van der Waals surface area contributed by atoms with Crippen LogP contribution in [0.1, 0.15) is 58.3 Å². The molecule has 2 fully saturated rings. The molecule has 2 rings (SSSR count). The van der Waals surface area contributed by atoms with Gasteiger partial charge in [-0.3, -0.25) is 0 Å². The molecule has 1 aliphatic heterocycles. The van der Waals surface area contributed by atoms with Gasteiger partial charge in [-0.05, 0) is 44.9 Å². The van der Waals surface area contributed by atoms with Gasteiger partial charge in [0.25, 0.3) is 0 Å². The van der Waals surface area contributed by atoms with Gasteiger partial charge in [0, 0.05) is 25.3 Å². The van der Waals surface area contributed by atoms with Crippen LogP contribution in [0, 0.1) is 5.92 Å². The molecule has 0 bridgehead atoms. The van der Waals surface area contributed by atoms with Gasteiger partial charge in [-0.15, -0.1) is 0 Å². The fourth-order valence-electron chi connectivity index (χ4n) is 3.21. The lowest BCUT2D eigenvalue weighted by molar-refractivity contribution is 0.141. The summed E-state index contributed by atoms with van der Waals surface area (Å²) in [7, 11) is 0. The number of nitrogens with one attached hydrogen (secondary N) is 1. The average Bonchev–Trinajstić information content (AvgIpc) is 2.59. The van der Waals surface area contributed by atoms with E-state index in [0.29, 0.717) is 12.1 Å². The van der Waals surface area contributed by atoms with Crippen molar-refractivity contribution in [2.75, 3.05) is 13.2 Å². The lowest BCUT2D eigenvalue weighted by Crippen LogP contribution is -2.41. The predicted octanol–water partition coefficient (Wildman–Crippen LogP) is 3.11. The summed E-state index contributed by atoms with van der Waals surface area (Å²) in [5, 5.41) is 3.85. The summed E-state index contributed by atoms with van der Waals surface area (Å²) >= 11 is 0. The number of hydrogen-bond donors (Lipinski definition) is 1. The monoisotopic (exact) mass is 225 g/mol. The van der Waals surface area contributed by atoms with Gasteiger partial charge in [-0.2, -0.15) is 0 Å². The molecule has 0 radical (unpaired) electrons. The topological polar surface area (TPSA) is 21.3 Å². The zero-order chi connectivity index (χ0) is 11.2. The van der Waals surface area contributed by atoms with E-state index in [0.717, 1.165) is 19.1 Å².